The molecule has 1 aromatic carbocycles. The first kappa shape index (κ1) is 16.7. The van der Waals surface area contributed by atoms with Crippen molar-refractivity contribution in [3.8, 4) is 0 Å². The van der Waals surface area contributed by atoms with Crippen molar-refractivity contribution in [3.63, 3.8) is 0 Å². The van der Waals surface area contributed by atoms with Gasteiger partial charge >= 0.3 is 0 Å². The Balaban J connectivity index is 2.87. The molecule has 0 radical (unpaired) electrons. The van der Waals surface area contributed by atoms with Gasteiger partial charge < -0.3 is 11.1 Å². The number of amides is 1. The lowest BCUT2D eigenvalue weighted by Crippen LogP contribution is -2.43. The van der Waals surface area contributed by atoms with Gasteiger partial charge in [-0.3, -0.25) is 4.79 Å². The third-order valence-corrected chi connectivity index (χ3v) is 4.25. The van der Waals surface area contributed by atoms with E-state index in [0.29, 0.717) is 12.5 Å². The monoisotopic (exact) mass is 276 g/mol. The molecule has 112 valence electrons. The highest BCUT2D eigenvalue weighted by atomic mass is 16.2. The van der Waals surface area contributed by atoms with Gasteiger partial charge in [-0.05, 0) is 30.9 Å². The Morgan fingerprint density at radius 2 is 1.75 bits per heavy atom. The molecular weight excluding hydrogens is 248 g/mol. The molecule has 1 amide bonds. The molecule has 0 saturated carbocycles. The van der Waals surface area contributed by atoms with E-state index in [0.717, 1.165) is 12.0 Å². The second-order valence-corrected chi connectivity index (χ2v) is 5.78. The SMILES string of the molecule is CCC(C)C(C(=O)NC(C)C(C)CN)c1ccccc1. The zero-order chi connectivity index (χ0) is 15.1. The number of hydrogen-bond donors (Lipinski definition) is 2. The predicted molar refractivity (Wildman–Crippen MR) is 84.5 cm³/mol. The standard InChI is InChI=1S/C17H28N2O/c1-5-12(2)16(15-9-7-6-8-10-15)17(20)19-14(4)13(3)11-18/h6-10,12-14,16H,5,11,18H2,1-4H3,(H,19,20). The van der Waals surface area contributed by atoms with Crippen LogP contribution in [0.2, 0.25) is 0 Å². The molecule has 4 unspecified atom stereocenters. The van der Waals surface area contributed by atoms with E-state index in [4.69, 9.17) is 5.73 Å². The maximum atomic E-state index is 12.6. The number of nitrogens with one attached hydrogen (secondary N) is 1. The molecule has 0 aliphatic heterocycles. The third-order valence-electron chi connectivity index (χ3n) is 4.25. The summed E-state index contributed by atoms with van der Waals surface area (Å²) in [6.07, 6.45) is 0.980. The first-order chi connectivity index (χ1) is 9.51. The number of hydrogen-bond acceptors (Lipinski definition) is 2. The third kappa shape index (κ3) is 4.34. The van der Waals surface area contributed by atoms with E-state index in [-0.39, 0.29) is 23.8 Å². The van der Waals surface area contributed by atoms with Crippen LogP contribution in [0, 0.1) is 11.8 Å². The first-order valence-corrected chi connectivity index (χ1v) is 7.56. The van der Waals surface area contributed by atoms with Gasteiger partial charge in [-0.25, -0.2) is 0 Å². The second kappa shape index (κ2) is 8.05. The summed E-state index contributed by atoms with van der Waals surface area (Å²) >= 11 is 0. The van der Waals surface area contributed by atoms with Crippen molar-refractivity contribution >= 4 is 5.91 Å². The summed E-state index contributed by atoms with van der Waals surface area (Å²) in [5, 5.41) is 3.13. The highest BCUT2D eigenvalue weighted by Crippen LogP contribution is 2.27. The lowest BCUT2D eigenvalue weighted by molar-refractivity contribution is -0.124. The first-order valence-electron chi connectivity index (χ1n) is 7.56. The van der Waals surface area contributed by atoms with Crippen molar-refractivity contribution in [2.45, 2.75) is 46.1 Å². The fourth-order valence-corrected chi connectivity index (χ4v) is 2.29. The zero-order valence-corrected chi connectivity index (χ0v) is 13.1. The van der Waals surface area contributed by atoms with Gasteiger partial charge in [0.05, 0.1) is 5.92 Å². The van der Waals surface area contributed by atoms with Gasteiger partial charge in [-0.2, -0.15) is 0 Å². The molecule has 0 heterocycles. The van der Waals surface area contributed by atoms with Gasteiger partial charge in [0.25, 0.3) is 0 Å². The predicted octanol–water partition coefficient (Wildman–Crippen LogP) is 2.92. The molecule has 3 heteroatoms. The molecule has 3 nitrogen and oxygen atoms in total. The summed E-state index contributed by atoms with van der Waals surface area (Å²) in [7, 11) is 0. The van der Waals surface area contributed by atoms with Gasteiger partial charge in [0, 0.05) is 6.04 Å². The number of carbonyl (C=O) groups excluding carboxylic acids is 1. The molecule has 0 spiro atoms. The van der Waals surface area contributed by atoms with Crippen molar-refractivity contribution in [2.75, 3.05) is 6.54 Å². The molecule has 0 bridgehead atoms. The van der Waals surface area contributed by atoms with E-state index < -0.39 is 0 Å². The molecule has 0 saturated heterocycles. The van der Waals surface area contributed by atoms with Crippen LogP contribution in [0.4, 0.5) is 0 Å². The summed E-state index contributed by atoms with van der Waals surface area (Å²) in [6, 6.07) is 10.1. The second-order valence-electron chi connectivity index (χ2n) is 5.78. The molecule has 3 N–H and O–H groups in total. The average molecular weight is 276 g/mol. The summed E-state index contributed by atoms with van der Waals surface area (Å²) in [6.45, 7) is 8.93. The van der Waals surface area contributed by atoms with Crippen LogP contribution in [-0.4, -0.2) is 18.5 Å². The van der Waals surface area contributed by atoms with Crippen LogP contribution in [0.25, 0.3) is 0 Å². The van der Waals surface area contributed by atoms with Crippen molar-refractivity contribution in [1.82, 2.24) is 5.32 Å². The highest BCUT2D eigenvalue weighted by Gasteiger charge is 2.27. The molecule has 0 aliphatic carbocycles. The minimum Gasteiger partial charge on any atom is -0.353 e. The minimum absolute atomic E-state index is 0.0892. The molecular formula is C17H28N2O. The molecule has 1 rings (SSSR count). The maximum absolute atomic E-state index is 12.6. The van der Waals surface area contributed by atoms with Crippen molar-refractivity contribution in [2.24, 2.45) is 17.6 Å². The number of rotatable bonds is 7. The van der Waals surface area contributed by atoms with E-state index in [1.165, 1.54) is 0 Å². The largest absolute Gasteiger partial charge is 0.353 e. The van der Waals surface area contributed by atoms with Crippen LogP contribution < -0.4 is 11.1 Å². The molecule has 20 heavy (non-hydrogen) atoms. The summed E-state index contributed by atoms with van der Waals surface area (Å²) in [5.74, 6) is 0.622. The Labute approximate surface area is 122 Å². The smallest absolute Gasteiger partial charge is 0.228 e. The molecule has 0 aromatic heterocycles. The van der Waals surface area contributed by atoms with E-state index in [1.54, 1.807) is 0 Å². The van der Waals surface area contributed by atoms with Crippen LogP contribution >= 0.6 is 0 Å². The number of nitrogens with two attached hydrogens (primary N) is 1. The highest BCUT2D eigenvalue weighted by molar-refractivity contribution is 5.84. The summed E-state index contributed by atoms with van der Waals surface area (Å²) in [4.78, 5) is 12.6. The Hall–Kier alpha value is -1.35. The lowest BCUT2D eigenvalue weighted by Gasteiger charge is -2.27. The average Bonchev–Trinajstić information content (AvgIpc) is 2.47. The molecule has 4 atom stereocenters. The fraction of sp³-hybridized carbons (Fsp3) is 0.588. The van der Waals surface area contributed by atoms with Crippen molar-refractivity contribution in [3.05, 3.63) is 35.9 Å². The zero-order valence-electron chi connectivity index (χ0n) is 13.1. The Morgan fingerprint density at radius 3 is 2.25 bits per heavy atom. The summed E-state index contributed by atoms with van der Waals surface area (Å²) < 4.78 is 0. The van der Waals surface area contributed by atoms with Crippen LogP contribution in [0.5, 0.6) is 0 Å². The number of benzene rings is 1. The molecule has 1 aromatic rings. The Kier molecular flexibility index (Phi) is 6.73. The quantitative estimate of drug-likeness (QED) is 0.804. The Bertz CT molecular complexity index is 405. The van der Waals surface area contributed by atoms with Crippen molar-refractivity contribution in [1.29, 1.82) is 0 Å². The summed E-state index contributed by atoms with van der Waals surface area (Å²) in [5.41, 5.74) is 6.76. The normalized spacial score (nSPS) is 17.1. The van der Waals surface area contributed by atoms with Gasteiger partial charge in [0.15, 0.2) is 0 Å². The van der Waals surface area contributed by atoms with Crippen LogP contribution in [0.1, 0.15) is 45.6 Å². The molecule has 0 fully saturated rings. The minimum atomic E-state index is -0.0892. The van der Waals surface area contributed by atoms with Crippen molar-refractivity contribution < 1.29 is 4.79 Å². The van der Waals surface area contributed by atoms with Gasteiger partial charge in [0.1, 0.15) is 0 Å². The van der Waals surface area contributed by atoms with Crippen LogP contribution in [-0.2, 0) is 4.79 Å². The van der Waals surface area contributed by atoms with Gasteiger partial charge in [-0.1, -0.05) is 57.5 Å². The van der Waals surface area contributed by atoms with Crippen LogP contribution in [0.15, 0.2) is 30.3 Å². The van der Waals surface area contributed by atoms with Gasteiger partial charge in [0.2, 0.25) is 5.91 Å². The topological polar surface area (TPSA) is 55.1 Å². The fourth-order valence-electron chi connectivity index (χ4n) is 2.29. The lowest BCUT2D eigenvalue weighted by atomic mass is 9.84. The van der Waals surface area contributed by atoms with E-state index in [1.807, 2.05) is 37.3 Å². The number of carbonyl (C=O) groups is 1. The van der Waals surface area contributed by atoms with E-state index >= 15 is 0 Å². The van der Waals surface area contributed by atoms with E-state index in [9.17, 15) is 4.79 Å². The Morgan fingerprint density at radius 1 is 1.15 bits per heavy atom. The van der Waals surface area contributed by atoms with E-state index in [2.05, 4.69) is 26.1 Å². The maximum Gasteiger partial charge on any atom is 0.228 e. The van der Waals surface area contributed by atoms with Crippen LogP contribution in [0.3, 0.4) is 0 Å². The molecule has 0 aliphatic rings. The van der Waals surface area contributed by atoms with Gasteiger partial charge in [-0.15, -0.1) is 0 Å².